The predicted octanol–water partition coefficient (Wildman–Crippen LogP) is 2.92. The molecule has 0 saturated heterocycles. The third-order valence-electron chi connectivity index (χ3n) is 1.98. The molecule has 17 heavy (non-hydrogen) atoms. The van der Waals surface area contributed by atoms with Crippen LogP contribution in [0.1, 0.15) is 4.88 Å². The first-order valence-electron chi connectivity index (χ1n) is 4.85. The Morgan fingerprint density at radius 1 is 1.47 bits per heavy atom. The minimum Gasteiger partial charge on any atom is -0.332 e. The van der Waals surface area contributed by atoms with Gasteiger partial charge in [-0.05, 0) is 11.4 Å². The Kier molecular flexibility index (Phi) is 5.27. The van der Waals surface area contributed by atoms with E-state index in [1.165, 1.54) is 11.3 Å². The molecule has 96 valence electrons. The van der Waals surface area contributed by atoms with E-state index in [4.69, 9.17) is 11.6 Å². The number of carbonyl (C=O) groups is 1. The van der Waals surface area contributed by atoms with Crippen LogP contribution in [0.2, 0.25) is 0 Å². The summed E-state index contributed by atoms with van der Waals surface area (Å²) in [5, 5.41) is 1.78. The third-order valence-corrected chi connectivity index (χ3v) is 3.03. The fourth-order valence-corrected chi connectivity index (χ4v) is 2.18. The van der Waals surface area contributed by atoms with Crippen LogP contribution in [0, 0.1) is 0 Å². The van der Waals surface area contributed by atoms with E-state index in [0.717, 1.165) is 9.78 Å². The Morgan fingerprint density at radius 3 is 2.65 bits per heavy atom. The van der Waals surface area contributed by atoms with Gasteiger partial charge < -0.3 is 4.90 Å². The van der Waals surface area contributed by atoms with Crippen LogP contribution >= 0.6 is 22.9 Å². The molecule has 1 aromatic rings. The number of amides is 1. The van der Waals surface area contributed by atoms with E-state index in [0.29, 0.717) is 0 Å². The van der Waals surface area contributed by atoms with Crippen LogP contribution in [0.15, 0.2) is 17.5 Å². The van der Waals surface area contributed by atoms with Crippen molar-refractivity contribution in [1.82, 2.24) is 4.90 Å². The zero-order valence-electron chi connectivity index (χ0n) is 8.84. The molecule has 0 aliphatic carbocycles. The Balaban J connectivity index is 2.60. The lowest BCUT2D eigenvalue weighted by Crippen LogP contribution is -2.40. The lowest BCUT2D eigenvalue weighted by Gasteiger charge is -2.22. The van der Waals surface area contributed by atoms with Crippen LogP contribution in [0.5, 0.6) is 0 Å². The van der Waals surface area contributed by atoms with Gasteiger partial charge in [-0.2, -0.15) is 13.2 Å². The van der Waals surface area contributed by atoms with Crippen molar-refractivity contribution in [3.8, 4) is 0 Å². The standard InChI is InChI=1S/C10H11ClF3NOS/c11-3-4-15(7-10(12,13)14)9(16)6-8-2-1-5-17-8/h1-2,5H,3-4,6-7H2. The summed E-state index contributed by atoms with van der Waals surface area (Å²) >= 11 is 6.74. The van der Waals surface area contributed by atoms with Crippen LogP contribution in [0.3, 0.4) is 0 Å². The van der Waals surface area contributed by atoms with Gasteiger partial charge in [-0.1, -0.05) is 6.07 Å². The number of hydrogen-bond acceptors (Lipinski definition) is 2. The molecule has 1 heterocycles. The highest BCUT2D eigenvalue weighted by Crippen LogP contribution is 2.18. The van der Waals surface area contributed by atoms with Crippen LogP contribution in [0.4, 0.5) is 13.2 Å². The lowest BCUT2D eigenvalue weighted by molar-refractivity contribution is -0.160. The highest BCUT2D eigenvalue weighted by atomic mass is 35.5. The summed E-state index contributed by atoms with van der Waals surface area (Å²) in [6.07, 6.45) is -4.40. The summed E-state index contributed by atoms with van der Waals surface area (Å²) in [4.78, 5) is 13.1. The van der Waals surface area contributed by atoms with Gasteiger partial charge in [0.25, 0.3) is 0 Å². The molecule has 0 saturated carbocycles. The summed E-state index contributed by atoms with van der Waals surface area (Å²) in [6.45, 7) is -1.34. The molecule has 0 atom stereocenters. The van der Waals surface area contributed by atoms with Crippen molar-refractivity contribution in [2.75, 3.05) is 19.0 Å². The largest absolute Gasteiger partial charge is 0.406 e. The van der Waals surface area contributed by atoms with E-state index in [-0.39, 0.29) is 18.8 Å². The molecule has 0 N–H and O–H groups in total. The van der Waals surface area contributed by atoms with E-state index in [1.807, 2.05) is 0 Å². The number of alkyl halides is 4. The van der Waals surface area contributed by atoms with Crippen molar-refractivity contribution in [1.29, 1.82) is 0 Å². The average molecular weight is 286 g/mol. The van der Waals surface area contributed by atoms with E-state index < -0.39 is 18.6 Å². The molecule has 0 spiro atoms. The van der Waals surface area contributed by atoms with Gasteiger partial charge in [0.1, 0.15) is 6.54 Å². The van der Waals surface area contributed by atoms with Crippen LogP contribution < -0.4 is 0 Å². The fraction of sp³-hybridized carbons (Fsp3) is 0.500. The highest BCUT2D eigenvalue weighted by Gasteiger charge is 2.32. The summed E-state index contributed by atoms with van der Waals surface area (Å²) in [5.74, 6) is -0.558. The van der Waals surface area contributed by atoms with Gasteiger partial charge in [-0.25, -0.2) is 0 Å². The molecule has 0 aromatic carbocycles. The number of halogens is 4. The first-order chi connectivity index (χ1) is 7.92. The zero-order valence-corrected chi connectivity index (χ0v) is 10.4. The Bertz CT molecular complexity index is 353. The maximum Gasteiger partial charge on any atom is 0.406 e. The molecule has 1 rings (SSSR count). The smallest absolute Gasteiger partial charge is 0.332 e. The lowest BCUT2D eigenvalue weighted by atomic mass is 10.3. The van der Waals surface area contributed by atoms with Gasteiger partial charge in [0.15, 0.2) is 0 Å². The summed E-state index contributed by atoms with van der Waals surface area (Å²) < 4.78 is 36.7. The van der Waals surface area contributed by atoms with Crippen LogP contribution in [0.25, 0.3) is 0 Å². The second-order valence-electron chi connectivity index (χ2n) is 3.38. The minimum atomic E-state index is -4.39. The molecule has 0 fully saturated rings. The SMILES string of the molecule is O=C(Cc1cccs1)N(CCCl)CC(F)(F)F. The van der Waals surface area contributed by atoms with Gasteiger partial charge in [0, 0.05) is 17.3 Å². The molecule has 0 unspecified atom stereocenters. The maximum atomic E-state index is 12.2. The molecular formula is C10H11ClF3NOS. The summed E-state index contributed by atoms with van der Waals surface area (Å²) in [7, 11) is 0. The van der Waals surface area contributed by atoms with E-state index in [9.17, 15) is 18.0 Å². The van der Waals surface area contributed by atoms with Crippen molar-refractivity contribution >= 4 is 28.8 Å². The Morgan fingerprint density at radius 2 is 2.18 bits per heavy atom. The van der Waals surface area contributed by atoms with Crippen molar-refractivity contribution < 1.29 is 18.0 Å². The molecule has 0 bridgehead atoms. The van der Waals surface area contributed by atoms with E-state index in [1.54, 1.807) is 17.5 Å². The Hall–Kier alpha value is -0.750. The summed E-state index contributed by atoms with van der Waals surface area (Å²) in [6, 6.07) is 3.47. The Labute approximate surface area is 106 Å². The van der Waals surface area contributed by atoms with Crippen molar-refractivity contribution in [3.63, 3.8) is 0 Å². The quantitative estimate of drug-likeness (QED) is 0.762. The average Bonchev–Trinajstić information content (AvgIpc) is 2.67. The predicted molar refractivity (Wildman–Crippen MR) is 61.4 cm³/mol. The number of rotatable bonds is 5. The fourth-order valence-electron chi connectivity index (χ4n) is 1.28. The van der Waals surface area contributed by atoms with Gasteiger partial charge in [-0.3, -0.25) is 4.79 Å². The summed E-state index contributed by atoms with van der Waals surface area (Å²) in [5.41, 5.74) is 0. The topological polar surface area (TPSA) is 20.3 Å². The van der Waals surface area contributed by atoms with Gasteiger partial charge in [-0.15, -0.1) is 22.9 Å². The molecule has 0 aliphatic heterocycles. The number of carbonyl (C=O) groups excluding carboxylic acids is 1. The van der Waals surface area contributed by atoms with Gasteiger partial charge in [0.2, 0.25) is 5.91 Å². The normalized spacial score (nSPS) is 11.5. The van der Waals surface area contributed by atoms with Crippen LogP contribution in [-0.2, 0) is 11.2 Å². The monoisotopic (exact) mass is 285 g/mol. The second kappa shape index (κ2) is 6.26. The van der Waals surface area contributed by atoms with Crippen molar-refractivity contribution in [2.45, 2.75) is 12.6 Å². The first-order valence-corrected chi connectivity index (χ1v) is 6.26. The molecule has 7 heteroatoms. The zero-order chi connectivity index (χ0) is 12.9. The van der Waals surface area contributed by atoms with Crippen molar-refractivity contribution in [2.24, 2.45) is 0 Å². The van der Waals surface area contributed by atoms with E-state index >= 15 is 0 Å². The van der Waals surface area contributed by atoms with Gasteiger partial charge in [0.05, 0.1) is 6.42 Å². The first kappa shape index (κ1) is 14.3. The molecule has 1 amide bonds. The van der Waals surface area contributed by atoms with Crippen molar-refractivity contribution in [3.05, 3.63) is 22.4 Å². The molecule has 1 aromatic heterocycles. The molecular weight excluding hydrogens is 275 g/mol. The third kappa shape index (κ3) is 5.41. The molecule has 0 aliphatic rings. The number of hydrogen-bond donors (Lipinski definition) is 0. The van der Waals surface area contributed by atoms with E-state index in [2.05, 4.69) is 0 Å². The number of thiophene rings is 1. The highest BCUT2D eigenvalue weighted by molar-refractivity contribution is 7.10. The van der Waals surface area contributed by atoms with Gasteiger partial charge >= 0.3 is 6.18 Å². The molecule has 0 radical (unpaired) electrons. The number of nitrogens with zero attached hydrogens (tertiary/aromatic N) is 1. The minimum absolute atomic E-state index is 0.00768. The molecule has 2 nitrogen and oxygen atoms in total. The van der Waals surface area contributed by atoms with Crippen LogP contribution in [-0.4, -0.2) is 36.0 Å². The second-order valence-corrected chi connectivity index (χ2v) is 4.79. The maximum absolute atomic E-state index is 12.2.